The van der Waals surface area contributed by atoms with Crippen LogP contribution in [0.25, 0.3) is 6.08 Å². The van der Waals surface area contributed by atoms with E-state index in [-0.39, 0.29) is 5.57 Å². The average Bonchev–Trinajstić information content (AvgIpc) is 2.76. The summed E-state index contributed by atoms with van der Waals surface area (Å²) in [6, 6.07) is 22.8. The van der Waals surface area contributed by atoms with Crippen LogP contribution in [-0.2, 0) is 17.9 Å². The van der Waals surface area contributed by atoms with Gasteiger partial charge in [-0.1, -0.05) is 48.5 Å². The number of benzene rings is 2. The quantitative estimate of drug-likeness (QED) is 0.506. The van der Waals surface area contributed by atoms with Gasteiger partial charge in [0.15, 0.2) is 0 Å². The molecule has 0 aliphatic carbocycles. The predicted molar refractivity (Wildman–Crippen MR) is 107 cm³/mol. The first-order valence-electron chi connectivity index (χ1n) is 8.80. The van der Waals surface area contributed by atoms with E-state index in [1.165, 1.54) is 0 Å². The SMILES string of the molecule is N#CC(=Cc1ccc(OCc2ccccc2)cc1)C(=O)NCc1cccnc1. The lowest BCUT2D eigenvalue weighted by molar-refractivity contribution is -0.117. The largest absolute Gasteiger partial charge is 0.489 e. The number of hydrogen-bond acceptors (Lipinski definition) is 4. The molecule has 0 radical (unpaired) electrons. The van der Waals surface area contributed by atoms with Crippen molar-refractivity contribution in [2.45, 2.75) is 13.2 Å². The molecule has 1 N–H and O–H groups in total. The van der Waals surface area contributed by atoms with Crippen molar-refractivity contribution in [2.24, 2.45) is 0 Å². The third-order valence-corrected chi connectivity index (χ3v) is 3.98. The van der Waals surface area contributed by atoms with E-state index in [1.54, 1.807) is 24.5 Å². The summed E-state index contributed by atoms with van der Waals surface area (Å²) in [7, 11) is 0. The summed E-state index contributed by atoms with van der Waals surface area (Å²) in [6.45, 7) is 0.800. The van der Waals surface area contributed by atoms with E-state index in [9.17, 15) is 10.1 Å². The van der Waals surface area contributed by atoms with Gasteiger partial charge in [0.1, 0.15) is 24.0 Å². The van der Waals surface area contributed by atoms with Crippen molar-refractivity contribution >= 4 is 12.0 Å². The minimum atomic E-state index is -0.421. The Kier molecular flexibility index (Phi) is 6.53. The van der Waals surface area contributed by atoms with Gasteiger partial charge in [0, 0.05) is 18.9 Å². The Morgan fingerprint density at radius 3 is 2.46 bits per heavy atom. The molecule has 138 valence electrons. The third kappa shape index (κ3) is 5.55. The van der Waals surface area contributed by atoms with Crippen LogP contribution in [0.15, 0.2) is 84.7 Å². The van der Waals surface area contributed by atoms with Crippen LogP contribution in [0.4, 0.5) is 0 Å². The molecular formula is C23H19N3O2. The number of pyridine rings is 1. The summed E-state index contributed by atoms with van der Waals surface area (Å²) in [6.07, 6.45) is 4.89. The van der Waals surface area contributed by atoms with E-state index in [4.69, 9.17) is 4.74 Å². The molecule has 0 unspecified atom stereocenters. The summed E-state index contributed by atoms with van der Waals surface area (Å²) in [5.41, 5.74) is 2.75. The number of nitrogens with zero attached hydrogens (tertiary/aromatic N) is 2. The van der Waals surface area contributed by atoms with E-state index in [0.717, 1.165) is 22.4 Å². The van der Waals surface area contributed by atoms with Crippen LogP contribution >= 0.6 is 0 Å². The number of rotatable bonds is 7. The van der Waals surface area contributed by atoms with E-state index in [0.29, 0.717) is 13.2 Å². The highest BCUT2D eigenvalue weighted by Gasteiger charge is 2.09. The fraction of sp³-hybridized carbons (Fsp3) is 0.0870. The Morgan fingerprint density at radius 2 is 1.79 bits per heavy atom. The lowest BCUT2D eigenvalue weighted by atomic mass is 10.1. The van der Waals surface area contributed by atoms with Crippen molar-refractivity contribution in [3.63, 3.8) is 0 Å². The van der Waals surface area contributed by atoms with Gasteiger partial charge >= 0.3 is 0 Å². The molecule has 5 heteroatoms. The zero-order valence-corrected chi connectivity index (χ0v) is 15.2. The second-order valence-corrected chi connectivity index (χ2v) is 6.06. The average molecular weight is 369 g/mol. The number of nitrogens with one attached hydrogen (secondary N) is 1. The van der Waals surface area contributed by atoms with Gasteiger partial charge < -0.3 is 10.1 Å². The van der Waals surface area contributed by atoms with Crippen LogP contribution in [0, 0.1) is 11.3 Å². The molecule has 0 spiro atoms. The van der Waals surface area contributed by atoms with Gasteiger partial charge in [0.2, 0.25) is 0 Å². The maximum absolute atomic E-state index is 12.2. The normalized spacial score (nSPS) is 10.8. The fourth-order valence-corrected chi connectivity index (χ4v) is 2.50. The molecule has 2 aromatic carbocycles. The van der Waals surface area contributed by atoms with Crippen LogP contribution in [0.5, 0.6) is 5.75 Å². The van der Waals surface area contributed by atoms with Gasteiger partial charge in [0.05, 0.1) is 0 Å². The summed E-state index contributed by atoms with van der Waals surface area (Å²) >= 11 is 0. The van der Waals surface area contributed by atoms with Crippen LogP contribution in [0.1, 0.15) is 16.7 Å². The number of carbonyl (C=O) groups is 1. The summed E-state index contributed by atoms with van der Waals surface area (Å²) in [5, 5.41) is 12.0. The van der Waals surface area contributed by atoms with Gasteiger partial charge in [-0.25, -0.2) is 0 Å². The zero-order chi connectivity index (χ0) is 19.6. The van der Waals surface area contributed by atoms with Gasteiger partial charge in [0.25, 0.3) is 5.91 Å². The lowest BCUT2D eigenvalue weighted by Gasteiger charge is -2.07. The first-order chi connectivity index (χ1) is 13.7. The summed E-state index contributed by atoms with van der Waals surface area (Å²) in [4.78, 5) is 16.2. The second-order valence-electron chi connectivity index (χ2n) is 6.06. The highest BCUT2D eigenvalue weighted by molar-refractivity contribution is 6.01. The molecule has 0 saturated heterocycles. The molecule has 3 aromatic rings. The highest BCUT2D eigenvalue weighted by atomic mass is 16.5. The van der Waals surface area contributed by atoms with E-state index in [2.05, 4.69) is 10.3 Å². The van der Waals surface area contributed by atoms with Crippen molar-refractivity contribution in [3.8, 4) is 11.8 Å². The maximum Gasteiger partial charge on any atom is 0.262 e. The summed E-state index contributed by atoms with van der Waals surface area (Å²) < 4.78 is 5.74. The Hall–Kier alpha value is -3.91. The fourth-order valence-electron chi connectivity index (χ4n) is 2.50. The Bertz CT molecular complexity index is 976. The van der Waals surface area contributed by atoms with Gasteiger partial charge in [-0.2, -0.15) is 5.26 Å². The smallest absolute Gasteiger partial charge is 0.262 e. The number of aromatic nitrogens is 1. The van der Waals surface area contributed by atoms with E-state index in [1.807, 2.05) is 66.7 Å². The zero-order valence-electron chi connectivity index (χ0n) is 15.2. The van der Waals surface area contributed by atoms with E-state index >= 15 is 0 Å². The molecule has 28 heavy (non-hydrogen) atoms. The molecule has 0 aliphatic rings. The second kappa shape index (κ2) is 9.70. The van der Waals surface area contributed by atoms with Crippen LogP contribution in [-0.4, -0.2) is 10.9 Å². The van der Waals surface area contributed by atoms with Crippen molar-refractivity contribution in [3.05, 3.63) is 101 Å². The molecule has 0 atom stereocenters. The topological polar surface area (TPSA) is 75.0 Å². The molecule has 0 bridgehead atoms. The Labute approximate surface area is 163 Å². The predicted octanol–water partition coefficient (Wildman–Crippen LogP) is 3.88. The van der Waals surface area contributed by atoms with Gasteiger partial charge in [-0.15, -0.1) is 0 Å². The van der Waals surface area contributed by atoms with Gasteiger partial charge in [-0.05, 0) is 41.0 Å². The molecule has 1 heterocycles. The molecule has 1 amide bonds. The first kappa shape index (κ1) is 18.9. The maximum atomic E-state index is 12.2. The highest BCUT2D eigenvalue weighted by Crippen LogP contribution is 2.16. The van der Waals surface area contributed by atoms with E-state index < -0.39 is 5.91 Å². The van der Waals surface area contributed by atoms with Crippen molar-refractivity contribution < 1.29 is 9.53 Å². The van der Waals surface area contributed by atoms with Gasteiger partial charge in [-0.3, -0.25) is 9.78 Å². The van der Waals surface area contributed by atoms with Crippen molar-refractivity contribution in [2.75, 3.05) is 0 Å². The molecule has 0 fully saturated rings. The number of hydrogen-bond donors (Lipinski definition) is 1. The number of amides is 1. The first-order valence-corrected chi connectivity index (χ1v) is 8.80. The van der Waals surface area contributed by atoms with Crippen molar-refractivity contribution in [1.29, 1.82) is 5.26 Å². The minimum Gasteiger partial charge on any atom is -0.489 e. The Morgan fingerprint density at radius 1 is 1.04 bits per heavy atom. The van der Waals surface area contributed by atoms with Crippen LogP contribution in [0.3, 0.4) is 0 Å². The lowest BCUT2D eigenvalue weighted by Crippen LogP contribution is -2.23. The molecule has 0 saturated carbocycles. The third-order valence-electron chi connectivity index (χ3n) is 3.98. The summed E-state index contributed by atoms with van der Waals surface area (Å²) in [5.74, 6) is 0.302. The molecule has 3 rings (SSSR count). The number of carbonyl (C=O) groups excluding carboxylic acids is 1. The standard InChI is InChI=1S/C23H19N3O2/c24-14-21(23(27)26-16-20-7-4-12-25-15-20)13-18-8-10-22(11-9-18)28-17-19-5-2-1-3-6-19/h1-13,15H,16-17H2,(H,26,27). The molecule has 5 nitrogen and oxygen atoms in total. The van der Waals surface area contributed by atoms with Crippen molar-refractivity contribution in [1.82, 2.24) is 10.3 Å². The minimum absolute atomic E-state index is 0.0434. The molecular weight excluding hydrogens is 350 g/mol. The van der Waals surface area contributed by atoms with Crippen LogP contribution < -0.4 is 10.1 Å². The Balaban J connectivity index is 1.59. The van der Waals surface area contributed by atoms with Crippen LogP contribution in [0.2, 0.25) is 0 Å². The number of nitriles is 1. The molecule has 0 aliphatic heterocycles. The number of ether oxygens (including phenoxy) is 1. The monoisotopic (exact) mass is 369 g/mol. The molecule has 1 aromatic heterocycles.